The SMILES string of the molecule is C=CCCC(=O)N[C@H](C)[C@@H](OC(=O)[C@@H]1[C@@H]2CC[C@]3(O2)[C@H](C(=O)N(CC=C)C(C)CCC)N(CCCO)C(=O)[C@@H]13)c1ccccc1. The van der Waals surface area contributed by atoms with Gasteiger partial charge >= 0.3 is 5.97 Å². The second kappa shape index (κ2) is 15.2. The summed E-state index contributed by atoms with van der Waals surface area (Å²) >= 11 is 0. The zero-order chi connectivity index (χ0) is 32.7. The molecule has 8 atom stereocenters. The van der Waals surface area contributed by atoms with E-state index in [1.165, 1.54) is 4.90 Å². The average molecular weight is 624 g/mol. The number of likely N-dealkylation sites (tertiary alicyclic amines) is 1. The van der Waals surface area contributed by atoms with Crippen molar-refractivity contribution in [2.45, 2.75) is 102 Å². The third kappa shape index (κ3) is 6.87. The molecule has 0 saturated carbocycles. The molecule has 3 saturated heterocycles. The molecular formula is C35H49N3O7. The third-order valence-electron chi connectivity index (χ3n) is 9.50. The Balaban J connectivity index is 1.65. The number of benzene rings is 1. The molecule has 2 bridgehead atoms. The molecule has 1 spiro atoms. The summed E-state index contributed by atoms with van der Waals surface area (Å²) in [6.45, 7) is 13.7. The second-order valence-electron chi connectivity index (χ2n) is 12.5. The number of nitrogens with one attached hydrogen (secondary N) is 1. The number of carbonyl (C=O) groups is 4. The molecule has 4 rings (SSSR count). The normalized spacial score (nSPS) is 26.9. The zero-order valence-corrected chi connectivity index (χ0v) is 26.9. The first-order valence-corrected chi connectivity index (χ1v) is 16.3. The van der Waals surface area contributed by atoms with Gasteiger partial charge in [0, 0.05) is 32.2 Å². The number of hydrogen-bond donors (Lipinski definition) is 2. The van der Waals surface area contributed by atoms with Gasteiger partial charge in [-0.3, -0.25) is 19.2 Å². The van der Waals surface area contributed by atoms with E-state index >= 15 is 0 Å². The summed E-state index contributed by atoms with van der Waals surface area (Å²) in [5.41, 5.74) is -0.461. The molecule has 2 N–H and O–H groups in total. The van der Waals surface area contributed by atoms with E-state index in [4.69, 9.17) is 9.47 Å². The lowest BCUT2D eigenvalue weighted by Gasteiger charge is -2.39. The maximum atomic E-state index is 14.4. The van der Waals surface area contributed by atoms with Gasteiger partial charge in [0.1, 0.15) is 17.7 Å². The molecule has 3 heterocycles. The van der Waals surface area contributed by atoms with E-state index in [2.05, 4.69) is 25.4 Å². The molecular weight excluding hydrogens is 574 g/mol. The van der Waals surface area contributed by atoms with Crippen molar-refractivity contribution < 1.29 is 33.8 Å². The summed E-state index contributed by atoms with van der Waals surface area (Å²) in [6, 6.07) is 7.64. The molecule has 1 aromatic carbocycles. The fourth-order valence-electron chi connectivity index (χ4n) is 7.48. The highest BCUT2D eigenvalue weighted by molar-refractivity contribution is 5.98. The van der Waals surface area contributed by atoms with Crippen LogP contribution in [-0.2, 0) is 28.7 Å². The van der Waals surface area contributed by atoms with Crippen molar-refractivity contribution >= 4 is 23.7 Å². The highest BCUT2D eigenvalue weighted by atomic mass is 16.6. The molecule has 1 aromatic rings. The summed E-state index contributed by atoms with van der Waals surface area (Å²) < 4.78 is 12.8. The van der Waals surface area contributed by atoms with Crippen molar-refractivity contribution in [1.82, 2.24) is 15.1 Å². The van der Waals surface area contributed by atoms with Gasteiger partial charge in [0.15, 0.2) is 0 Å². The summed E-state index contributed by atoms with van der Waals surface area (Å²) in [6.07, 6.45) is 5.70. The Bertz CT molecular complexity index is 1240. The van der Waals surface area contributed by atoms with Crippen LogP contribution in [0.15, 0.2) is 55.6 Å². The fraction of sp³-hybridized carbons (Fsp3) is 0.600. The fourth-order valence-corrected chi connectivity index (χ4v) is 7.48. The van der Waals surface area contributed by atoms with Gasteiger partial charge in [-0.15, -0.1) is 13.2 Å². The number of nitrogens with zero attached hydrogens (tertiary/aromatic N) is 2. The third-order valence-corrected chi connectivity index (χ3v) is 9.50. The van der Waals surface area contributed by atoms with Gasteiger partial charge in [0.2, 0.25) is 17.7 Å². The number of ether oxygens (including phenoxy) is 2. The van der Waals surface area contributed by atoms with Crippen molar-refractivity contribution in [3.05, 3.63) is 61.2 Å². The average Bonchev–Trinajstić information content (AvgIpc) is 3.67. The topological polar surface area (TPSA) is 125 Å². The van der Waals surface area contributed by atoms with Crippen molar-refractivity contribution in [3.8, 4) is 0 Å². The lowest BCUT2D eigenvalue weighted by molar-refractivity contribution is -0.162. The number of aliphatic hydroxyl groups excluding tert-OH is 1. The van der Waals surface area contributed by atoms with Gasteiger partial charge in [-0.2, -0.15) is 0 Å². The maximum absolute atomic E-state index is 14.4. The molecule has 0 radical (unpaired) electrons. The molecule has 3 aliphatic heterocycles. The molecule has 3 aliphatic rings. The minimum absolute atomic E-state index is 0.0834. The lowest BCUT2D eigenvalue weighted by Crippen LogP contribution is -2.58. The Morgan fingerprint density at radius 3 is 2.60 bits per heavy atom. The zero-order valence-electron chi connectivity index (χ0n) is 26.9. The van der Waals surface area contributed by atoms with Gasteiger partial charge in [0.25, 0.3) is 0 Å². The summed E-state index contributed by atoms with van der Waals surface area (Å²) in [7, 11) is 0. The van der Waals surface area contributed by atoms with Crippen LogP contribution in [0.2, 0.25) is 0 Å². The van der Waals surface area contributed by atoms with Crippen LogP contribution < -0.4 is 5.32 Å². The Morgan fingerprint density at radius 1 is 1.22 bits per heavy atom. The Kier molecular flexibility index (Phi) is 11.6. The van der Waals surface area contributed by atoms with Crippen molar-refractivity contribution in [2.24, 2.45) is 11.8 Å². The first-order valence-electron chi connectivity index (χ1n) is 16.3. The first-order chi connectivity index (χ1) is 21.6. The largest absolute Gasteiger partial charge is 0.455 e. The number of aliphatic hydroxyl groups is 1. The lowest BCUT2D eigenvalue weighted by atomic mass is 9.70. The van der Waals surface area contributed by atoms with Crippen LogP contribution in [0.25, 0.3) is 0 Å². The molecule has 0 aromatic heterocycles. The van der Waals surface area contributed by atoms with Gasteiger partial charge in [-0.05, 0) is 51.5 Å². The molecule has 1 unspecified atom stereocenters. The van der Waals surface area contributed by atoms with Gasteiger partial charge in [-0.25, -0.2) is 0 Å². The Labute approximate surface area is 266 Å². The van der Waals surface area contributed by atoms with Crippen LogP contribution in [0.1, 0.15) is 77.4 Å². The first kappa shape index (κ1) is 34.4. The highest BCUT2D eigenvalue weighted by Crippen LogP contribution is 2.59. The number of rotatable bonds is 17. The van der Waals surface area contributed by atoms with Gasteiger partial charge in [0.05, 0.1) is 24.0 Å². The highest BCUT2D eigenvalue weighted by Gasteiger charge is 2.75. The Hall–Kier alpha value is -3.50. The molecule has 0 aliphatic carbocycles. The van der Waals surface area contributed by atoms with E-state index in [1.54, 1.807) is 24.0 Å². The van der Waals surface area contributed by atoms with Crippen LogP contribution in [0, 0.1) is 11.8 Å². The van der Waals surface area contributed by atoms with Crippen LogP contribution >= 0.6 is 0 Å². The number of fused-ring (bicyclic) bond motifs is 1. The van der Waals surface area contributed by atoms with E-state index in [0.29, 0.717) is 37.8 Å². The van der Waals surface area contributed by atoms with E-state index in [9.17, 15) is 24.3 Å². The second-order valence-corrected chi connectivity index (χ2v) is 12.5. The predicted octanol–water partition coefficient (Wildman–Crippen LogP) is 3.70. The monoisotopic (exact) mass is 623 g/mol. The molecule has 3 fully saturated rings. The van der Waals surface area contributed by atoms with Crippen molar-refractivity contribution in [2.75, 3.05) is 19.7 Å². The number of hydrogen-bond acceptors (Lipinski definition) is 7. The van der Waals surface area contributed by atoms with Crippen molar-refractivity contribution in [3.63, 3.8) is 0 Å². The minimum Gasteiger partial charge on any atom is -0.455 e. The molecule has 3 amide bonds. The quantitative estimate of drug-likeness (QED) is 0.200. The molecule has 10 heteroatoms. The smallest absolute Gasteiger partial charge is 0.313 e. The van der Waals surface area contributed by atoms with E-state index < -0.39 is 47.7 Å². The van der Waals surface area contributed by atoms with E-state index in [0.717, 1.165) is 12.8 Å². The standard InChI is InChI=1S/C35H49N3O7/c1-6-9-17-27(40)36-24(5)30(25-15-11-10-12-16-25)44-34(43)28-26-18-19-35(45-26)29(28)32(41)38(21-13-22-39)31(35)33(42)37(20-8-3)23(4)14-7-2/h6,8,10-12,15-16,23-24,26,28-31,39H,1,3,7,9,13-14,17-22H2,2,4-5H3,(H,36,40)/t23?,24-,26+,28-,29-,30-,31+,35-/m1/s1. The van der Waals surface area contributed by atoms with E-state index in [1.807, 2.05) is 37.3 Å². The van der Waals surface area contributed by atoms with Crippen LogP contribution in [0.3, 0.4) is 0 Å². The predicted molar refractivity (Wildman–Crippen MR) is 170 cm³/mol. The molecule has 45 heavy (non-hydrogen) atoms. The van der Waals surface area contributed by atoms with Crippen LogP contribution in [0.4, 0.5) is 0 Å². The maximum Gasteiger partial charge on any atom is 0.313 e. The summed E-state index contributed by atoms with van der Waals surface area (Å²) in [4.78, 5) is 58.6. The van der Waals surface area contributed by atoms with Gasteiger partial charge < -0.3 is 29.7 Å². The number of esters is 1. The molecule has 246 valence electrons. The number of carbonyl (C=O) groups excluding carboxylic acids is 4. The van der Waals surface area contributed by atoms with Gasteiger partial charge in [-0.1, -0.05) is 55.8 Å². The van der Waals surface area contributed by atoms with Crippen LogP contribution in [0.5, 0.6) is 0 Å². The number of allylic oxidation sites excluding steroid dienone is 1. The van der Waals surface area contributed by atoms with Crippen LogP contribution in [-0.4, -0.2) is 88.1 Å². The minimum atomic E-state index is -1.17. The number of amides is 3. The summed E-state index contributed by atoms with van der Waals surface area (Å²) in [5.74, 6) is -3.12. The van der Waals surface area contributed by atoms with Crippen molar-refractivity contribution in [1.29, 1.82) is 0 Å². The molecule has 10 nitrogen and oxygen atoms in total. The summed E-state index contributed by atoms with van der Waals surface area (Å²) in [5, 5.41) is 12.6. The Morgan fingerprint density at radius 2 is 1.96 bits per heavy atom. The van der Waals surface area contributed by atoms with E-state index in [-0.39, 0.29) is 43.3 Å².